The van der Waals surface area contributed by atoms with E-state index in [1.54, 1.807) is 44.6 Å². The highest BCUT2D eigenvalue weighted by molar-refractivity contribution is 6.46. The minimum Gasteiger partial charge on any atom is -0.507 e. The van der Waals surface area contributed by atoms with Gasteiger partial charge >= 0.3 is 0 Å². The second-order valence-corrected chi connectivity index (χ2v) is 8.33. The number of aryl methyl sites for hydroxylation is 2. The molecular weight excluding hydrogens is 422 g/mol. The van der Waals surface area contributed by atoms with E-state index in [0.29, 0.717) is 22.6 Å². The maximum absolute atomic E-state index is 13.2. The van der Waals surface area contributed by atoms with Crippen LogP contribution in [0.2, 0.25) is 0 Å². The molecule has 1 N–H and O–H groups in total. The van der Waals surface area contributed by atoms with Gasteiger partial charge in [-0.15, -0.1) is 0 Å². The molecule has 1 aliphatic rings. The minimum atomic E-state index is -0.766. The third-order valence-corrected chi connectivity index (χ3v) is 5.73. The SMILES string of the molecule is COc1cccc(C2/C(=C(\O)c3cc(C)c(OC)cc3C)C(=O)C(=O)N2CCOC(C)C)c1. The highest BCUT2D eigenvalue weighted by atomic mass is 16.5. The first-order chi connectivity index (χ1) is 15.7. The largest absolute Gasteiger partial charge is 0.507 e. The molecule has 33 heavy (non-hydrogen) atoms. The van der Waals surface area contributed by atoms with Crippen LogP contribution in [0.1, 0.15) is 42.1 Å². The Kier molecular flexibility index (Phi) is 7.43. The molecule has 1 heterocycles. The predicted molar refractivity (Wildman–Crippen MR) is 126 cm³/mol. The maximum Gasteiger partial charge on any atom is 0.295 e. The Balaban J connectivity index is 2.17. The van der Waals surface area contributed by atoms with E-state index < -0.39 is 17.7 Å². The monoisotopic (exact) mass is 453 g/mol. The van der Waals surface area contributed by atoms with E-state index in [1.807, 2.05) is 33.8 Å². The van der Waals surface area contributed by atoms with Crippen LogP contribution < -0.4 is 9.47 Å². The van der Waals surface area contributed by atoms with Crippen LogP contribution in [0.3, 0.4) is 0 Å². The highest BCUT2D eigenvalue weighted by Crippen LogP contribution is 2.41. The number of nitrogens with zero attached hydrogens (tertiary/aromatic N) is 1. The number of rotatable bonds is 8. The number of Topliss-reactive ketones (excluding diaryl/α,β-unsaturated/α-hetero) is 1. The average Bonchev–Trinajstić information content (AvgIpc) is 3.04. The summed E-state index contributed by atoms with van der Waals surface area (Å²) in [7, 11) is 3.13. The van der Waals surface area contributed by atoms with E-state index in [9.17, 15) is 14.7 Å². The lowest BCUT2D eigenvalue weighted by Gasteiger charge is -2.26. The number of methoxy groups -OCH3 is 2. The van der Waals surface area contributed by atoms with Crippen molar-refractivity contribution in [1.29, 1.82) is 0 Å². The fraction of sp³-hybridized carbons (Fsp3) is 0.385. The fourth-order valence-corrected chi connectivity index (χ4v) is 4.07. The molecule has 1 amide bonds. The number of ether oxygens (including phenoxy) is 3. The van der Waals surface area contributed by atoms with Crippen LogP contribution in [0.4, 0.5) is 0 Å². The molecule has 3 rings (SSSR count). The molecule has 7 heteroatoms. The van der Waals surface area contributed by atoms with Crippen LogP contribution >= 0.6 is 0 Å². The van der Waals surface area contributed by atoms with Crippen LogP contribution in [0.15, 0.2) is 42.0 Å². The van der Waals surface area contributed by atoms with Crippen LogP contribution in [-0.4, -0.2) is 55.2 Å². The number of amides is 1. The van der Waals surface area contributed by atoms with Crippen LogP contribution in [0, 0.1) is 13.8 Å². The fourth-order valence-electron chi connectivity index (χ4n) is 4.07. The molecule has 1 unspecified atom stereocenters. The number of aliphatic hydroxyl groups is 1. The second kappa shape index (κ2) is 10.1. The maximum atomic E-state index is 13.2. The van der Waals surface area contributed by atoms with E-state index >= 15 is 0 Å². The summed E-state index contributed by atoms with van der Waals surface area (Å²) < 4.78 is 16.4. The molecule has 0 radical (unpaired) electrons. The summed E-state index contributed by atoms with van der Waals surface area (Å²) in [4.78, 5) is 27.7. The van der Waals surface area contributed by atoms with Gasteiger partial charge in [0.1, 0.15) is 17.3 Å². The van der Waals surface area contributed by atoms with Gasteiger partial charge in [-0.2, -0.15) is 0 Å². The lowest BCUT2D eigenvalue weighted by atomic mass is 9.93. The Morgan fingerprint density at radius 3 is 2.42 bits per heavy atom. The summed E-state index contributed by atoms with van der Waals surface area (Å²) in [5.74, 6) is -0.332. The average molecular weight is 454 g/mol. The first-order valence-electron chi connectivity index (χ1n) is 10.9. The molecule has 0 saturated carbocycles. The quantitative estimate of drug-likeness (QED) is 0.367. The summed E-state index contributed by atoms with van der Waals surface area (Å²) in [6.45, 7) is 7.97. The third kappa shape index (κ3) is 4.88. The highest BCUT2D eigenvalue weighted by Gasteiger charge is 2.46. The molecule has 1 atom stereocenters. The van der Waals surface area contributed by atoms with Crippen molar-refractivity contribution >= 4 is 17.4 Å². The molecule has 7 nitrogen and oxygen atoms in total. The first kappa shape index (κ1) is 24.3. The molecule has 0 aromatic heterocycles. The van der Waals surface area contributed by atoms with E-state index in [0.717, 1.165) is 11.1 Å². The molecule has 1 aliphatic heterocycles. The molecule has 0 spiro atoms. The van der Waals surface area contributed by atoms with Crippen molar-refractivity contribution in [3.8, 4) is 11.5 Å². The molecular formula is C26H31NO6. The van der Waals surface area contributed by atoms with Gasteiger partial charge in [0.15, 0.2) is 0 Å². The van der Waals surface area contributed by atoms with E-state index in [1.165, 1.54) is 4.90 Å². The molecule has 2 aromatic rings. The zero-order valence-electron chi connectivity index (χ0n) is 20.0. The van der Waals surface area contributed by atoms with Crippen molar-refractivity contribution in [1.82, 2.24) is 4.90 Å². The summed E-state index contributed by atoms with van der Waals surface area (Å²) in [6.07, 6.45) is -0.0120. The Morgan fingerprint density at radius 2 is 1.79 bits per heavy atom. The Morgan fingerprint density at radius 1 is 1.06 bits per heavy atom. The molecule has 2 aromatic carbocycles. The van der Waals surface area contributed by atoms with Crippen molar-refractivity contribution in [3.05, 3.63) is 64.2 Å². The number of aliphatic hydroxyl groups excluding tert-OH is 1. The molecule has 1 saturated heterocycles. The number of benzene rings is 2. The minimum absolute atomic E-state index is 0.0120. The van der Waals surface area contributed by atoms with Crippen LogP contribution in [-0.2, 0) is 14.3 Å². The zero-order valence-corrected chi connectivity index (χ0v) is 20.0. The standard InChI is InChI=1S/C26H31NO6/c1-15(2)33-11-10-27-23(18-8-7-9-19(14-18)31-5)22(25(29)26(27)30)24(28)20-12-17(4)21(32-6)13-16(20)3/h7-9,12-15,23,28H,10-11H2,1-6H3/b24-22+. The van der Waals surface area contributed by atoms with E-state index in [4.69, 9.17) is 14.2 Å². The first-order valence-corrected chi connectivity index (χ1v) is 10.9. The van der Waals surface area contributed by atoms with Crippen molar-refractivity contribution < 1.29 is 28.9 Å². The van der Waals surface area contributed by atoms with Crippen molar-refractivity contribution in [2.75, 3.05) is 27.4 Å². The van der Waals surface area contributed by atoms with Gasteiger partial charge < -0.3 is 24.2 Å². The number of hydrogen-bond acceptors (Lipinski definition) is 6. The van der Waals surface area contributed by atoms with Gasteiger partial charge in [0.05, 0.1) is 38.5 Å². The number of carbonyl (C=O) groups is 2. The summed E-state index contributed by atoms with van der Waals surface area (Å²) >= 11 is 0. The Labute approximate surface area is 194 Å². The number of hydrogen-bond donors (Lipinski definition) is 1. The summed E-state index contributed by atoms with van der Waals surface area (Å²) in [5, 5.41) is 11.3. The topological polar surface area (TPSA) is 85.3 Å². The number of carbonyl (C=O) groups excluding carboxylic acids is 2. The summed E-state index contributed by atoms with van der Waals surface area (Å²) in [6, 6.07) is 9.97. The van der Waals surface area contributed by atoms with E-state index in [-0.39, 0.29) is 30.6 Å². The lowest BCUT2D eigenvalue weighted by Crippen LogP contribution is -2.33. The van der Waals surface area contributed by atoms with Gasteiger partial charge in [-0.25, -0.2) is 0 Å². The molecule has 0 bridgehead atoms. The second-order valence-electron chi connectivity index (χ2n) is 8.33. The summed E-state index contributed by atoms with van der Waals surface area (Å²) in [5.41, 5.74) is 2.74. The Bertz CT molecular complexity index is 1090. The number of ketones is 1. The van der Waals surface area contributed by atoms with Crippen molar-refractivity contribution in [3.63, 3.8) is 0 Å². The third-order valence-electron chi connectivity index (χ3n) is 5.73. The van der Waals surface area contributed by atoms with Crippen LogP contribution in [0.25, 0.3) is 5.76 Å². The predicted octanol–water partition coefficient (Wildman–Crippen LogP) is 4.17. The normalized spacial score (nSPS) is 17.7. The lowest BCUT2D eigenvalue weighted by molar-refractivity contribution is -0.140. The van der Waals surface area contributed by atoms with Crippen molar-refractivity contribution in [2.24, 2.45) is 0 Å². The van der Waals surface area contributed by atoms with Gasteiger partial charge in [-0.1, -0.05) is 12.1 Å². The van der Waals surface area contributed by atoms with Gasteiger partial charge in [-0.05, 0) is 68.7 Å². The molecule has 0 aliphatic carbocycles. The van der Waals surface area contributed by atoms with Gasteiger partial charge in [0.25, 0.3) is 11.7 Å². The number of likely N-dealkylation sites (tertiary alicyclic amines) is 1. The molecule has 176 valence electrons. The molecule has 1 fully saturated rings. The van der Waals surface area contributed by atoms with E-state index in [2.05, 4.69) is 0 Å². The van der Waals surface area contributed by atoms with Gasteiger partial charge in [0.2, 0.25) is 0 Å². The Hall–Kier alpha value is -3.32. The smallest absolute Gasteiger partial charge is 0.295 e. The van der Waals surface area contributed by atoms with Crippen molar-refractivity contribution in [2.45, 2.75) is 39.8 Å². The van der Waals surface area contributed by atoms with Gasteiger partial charge in [-0.3, -0.25) is 9.59 Å². The van der Waals surface area contributed by atoms with Gasteiger partial charge in [0, 0.05) is 12.1 Å². The zero-order chi connectivity index (χ0) is 24.3. The van der Waals surface area contributed by atoms with Crippen LogP contribution in [0.5, 0.6) is 11.5 Å².